The van der Waals surface area contributed by atoms with Gasteiger partial charge in [0, 0.05) is 32.0 Å². The molecule has 0 spiro atoms. The minimum absolute atomic E-state index is 0. The lowest BCUT2D eigenvalue weighted by atomic mass is 9.97. The standard InChI is InChI=1S/C26H35N7O4S.H2/c1-6-17(2)16-37-22-11-13-33(30-22)21-10-9-19(24(29-21)32-15-18(3)14-26(32,4)5)25(34)31-38(35,36)20-8-7-12-28-23(20)27;/h7-13,17-18H,6,14-16H2,1-5H3,(H2,27,28)(H,31,34);1H/t17-,18-;/m0./s1. The van der Waals surface area contributed by atoms with Crippen LogP contribution in [0.3, 0.4) is 0 Å². The van der Waals surface area contributed by atoms with E-state index < -0.39 is 15.9 Å². The number of nitrogen functional groups attached to an aromatic ring is 1. The predicted molar refractivity (Wildman–Crippen MR) is 147 cm³/mol. The van der Waals surface area contributed by atoms with Gasteiger partial charge in [0.1, 0.15) is 16.5 Å². The number of hydrogen-bond acceptors (Lipinski definition) is 9. The second kappa shape index (κ2) is 10.6. The SMILES string of the molecule is CC[C@H](C)COc1ccn(-c2ccc(C(=O)NS(=O)(=O)c3cccnc3N)c(N3C[C@@H](C)CC3(C)C)n2)n1.[HH]. The molecular formula is C26H37N7O4S. The van der Waals surface area contributed by atoms with Gasteiger partial charge in [0.15, 0.2) is 5.82 Å². The third kappa shape index (κ3) is 5.74. The molecule has 4 heterocycles. The summed E-state index contributed by atoms with van der Waals surface area (Å²) in [7, 11) is -4.26. The van der Waals surface area contributed by atoms with E-state index in [4.69, 9.17) is 15.5 Å². The summed E-state index contributed by atoms with van der Waals surface area (Å²) in [5.41, 5.74) is 5.57. The number of sulfonamides is 1. The predicted octanol–water partition coefficient (Wildman–Crippen LogP) is 3.66. The van der Waals surface area contributed by atoms with Crippen LogP contribution in [0.5, 0.6) is 5.88 Å². The molecule has 1 fully saturated rings. The van der Waals surface area contributed by atoms with Gasteiger partial charge < -0.3 is 15.4 Å². The Morgan fingerprint density at radius 2 is 2.08 bits per heavy atom. The van der Waals surface area contributed by atoms with E-state index in [1.54, 1.807) is 29.1 Å². The Labute approximate surface area is 225 Å². The average Bonchev–Trinajstić information content (AvgIpc) is 3.44. The Kier molecular flexibility index (Phi) is 7.63. The highest BCUT2D eigenvalue weighted by molar-refractivity contribution is 7.90. The Morgan fingerprint density at radius 1 is 1.32 bits per heavy atom. The van der Waals surface area contributed by atoms with Gasteiger partial charge in [0.05, 0.1) is 12.2 Å². The molecule has 4 rings (SSSR count). The monoisotopic (exact) mass is 543 g/mol. The number of nitrogens with two attached hydrogens (primary N) is 1. The van der Waals surface area contributed by atoms with Gasteiger partial charge in [0.2, 0.25) is 5.88 Å². The molecule has 12 heteroatoms. The van der Waals surface area contributed by atoms with E-state index in [-0.39, 0.29) is 23.2 Å². The van der Waals surface area contributed by atoms with Crippen molar-refractivity contribution < 1.29 is 19.4 Å². The molecule has 0 aromatic carbocycles. The minimum Gasteiger partial charge on any atom is -0.476 e. The molecule has 3 N–H and O–H groups in total. The largest absolute Gasteiger partial charge is 0.476 e. The number of hydrogen-bond donors (Lipinski definition) is 2. The van der Waals surface area contributed by atoms with Gasteiger partial charge in [-0.1, -0.05) is 27.2 Å². The molecule has 2 atom stereocenters. The fourth-order valence-electron chi connectivity index (χ4n) is 4.63. The van der Waals surface area contributed by atoms with Crippen molar-refractivity contribution in [3.05, 3.63) is 48.3 Å². The lowest BCUT2D eigenvalue weighted by molar-refractivity contribution is 0.0981. The summed E-state index contributed by atoms with van der Waals surface area (Å²) in [6.45, 7) is 11.7. The molecule has 0 radical (unpaired) electrons. The number of ether oxygens (including phenoxy) is 1. The lowest BCUT2D eigenvalue weighted by Crippen LogP contribution is -2.41. The Balaban J connectivity index is 0.00000420. The van der Waals surface area contributed by atoms with Crippen molar-refractivity contribution in [3.63, 3.8) is 0 Å². The van der Waals surface area contributed by atoms with Gasteiger partial charge in [-0.05, 0) is 56.4 Å². The fourth-order valence-corrected chi connectivity index (χ4v) is 5.68. The van der Waals surface area contributed by atoms with Crippen molar-refractivity contribution in [1.29, 1.82) is 0 Å². The van der Waals surface area contributed by atoms with Gasteiger partial charge in [-0.3, -0.25) is 4.79 Å². The Hall–Kier alpha value is -3.67. The minimum atomic E-state index is -4.26. The number of nitrogens with one attached hydrogen (secondary N) is 1. The molecule has 1 aliphatic heterocycles. The molecule has 0 saturated carbocycles. The zero-order valence-electron chi connectivity index (χ0n) is 22.4. The van der Waals surface area contributed by atoms with Crippen molar-refractivity contribution in [2.24, 2.45) is 11.8 Å². The number of nitrogens with zero attached hydrogens (tertiary/aromatic N) is 5. The molecule has 206 valence electrons. The van der Waals surface area contributed by atoms with Crippen LogP contribution in [-0.2, 0) is 10.0 Å². The normalized spacial score (nSPS) is 17.8. The number of aromatic nitrogens is 4. The van der Waals surface area contributed by atoms with E-state index in [1.807, 2.05) is 4.90 Å². The second-order valence-electron chi connectivity index (χ2n) is 10.5. The first kappa shape index (κ1) is 27.4. The maximum Gasteiger partial charge on any atom is 0.268 e. The van der Waals surface area contributed by atoms with Crippen LogP contribution in [0.4, 0.5) is 11.6 Å². The van der Waals surface area contributed by atoms with Gasteiger partial charge in [-0.15, -0.1) is 5.10 Å². The Bertz CT molecular complexity index is 1430. The summed E-state index contributed by atoms with van der Waals surface area (Å²) in [4.78, 5) is 23.8. The van der Waals surface area contributed by atoms with Crippen molar-refractivity contribution >= 4 is 27.6 Å². The smallest absolute Gasteiger partial charge is 0.268 e. The molecule has 11 nitrogen and oxygen atoms in total. The summed E-state index contributed by atoms with van der Waals surface area (Å²) in [5.74, 6) is 1.09. The van der Waals surface area contributed by atoms with Crippen LogP contribution in [0.25, 0.3) is 5.82 Å². The van der Waals surface area contributed by atoms with Crippen LogP contribution in [0.2, 0.25) is 0 Å². The first-order valence-electron chi connectivity index (χ1n) is 12.7. The number of anilines is 2. The van der Waals surface area contributed by atoms with Crippen molar-refractivity contribution in [2.75, 3.05) is 23.8 Å². The van der Waals surface area contributed by atoms with Gasteiger partial charge >= 0.3 is 0 Å². The summed E-state index contributed by atoms with van der Waals surface area (Å²) < 4.78 is 35.4. The number of carbonyl (C=O) groups excluding carboxylic acids is 1. The Morgan fingerprint density at radius 3 is 2.74 bits per heavy atom. The summed E-state index contributed by atoms with van der Waals surface area (Å²) in [5, 5.41) is 4.49. The number of pyridine rings is 2. The van der Waals surface area contributed by atoms with Gasteiger partial charge in [0.25, 0.3) is 15.9 Å². The zero-order chi connectivity index (χ0) is 27.7. The van der Waals surface area contributed by atoms with E-state index in [0.29, 0.717) is 42.5 Å². The molecule has 0 aliphatic carbocycles. The number of amides is 1. The van der Waals surface area contributed by atoms with Crippen LogP contribution in [0.15, 0.2) is 47.6 Å². The quantitative estimate of drug-likeness (QED) is 0.413. The summed E-state index contributed by atoms with van der Waals surface area (Å²) in [6.07, 6.45) is 5.01. The molecule has 38 heavy (non-hydrogen) atoms. The molecule has 1 aliphatic rings. The summed E-state index contributed by atoms with van der Waals surface area (Å²) >= 11 is 0. The third-order valence-electron chi connectivity index (χ3n) is 6.76. The number of rotatable bonds is 9. The topological polar surface area (TPSA) is 145 Å². The van der Waals surface area contributed by atoms with Crippen molar-refractivity contribution in [1.82, 2.24) is 24.5 Å². The highest BCUT2D eigenvalue weighted by atomic mass is 32.2. The molecule has 3 aromatic heterocycles. The van der Waals surface area contributed by atoms with Gasteiger partial charge in [-0.2, -0.15) is 0 Å². The molecule has 1 amide bonds. The van der Waals surface area contributed by atoms with E-state index in [0.717, 1.165) is 12.8 Å². The first-order chi connectivity index (χ1) is 17.9. The van der Waals surface area contributed by atoms with Gasteiger partial charge in [-0.25, -0.2) is 27.8 Å². The maximum absolute atomic E-state index is 13.4. The van der Waals surface area contributed by atoms with E-state index in [9.17, 15) is 13.2 Å². The maximum atomic E-state index is 13.4. The van der Waals surface area contributed by atoms with Crippen LogP contribution in [0, 0.1) is 11.8 Å². The zero-order valence-corrected chi connectivity index (χ0v) is 23.2. The molecule has 0 unspecified atom stereocenters. The van der Waals surface area contributed by atoms with Crippen LogP contribution in [0.1, 0.15) is 59.2 Å². The van der Waals surface area contributed by atoms with Crippen LogP contribution >= 0.6 is 0 Å². The van der Waals surface area contributed by atoms with E-state index in [2.05, 4.69) is 49.4 Å². The fraction of sp³-hybridized carbons (Fsp3) is 0.462. The molecule has 0 bridgehead atoms. The van der Waals surface area contributed by atoms with E-state index in [1.165, 1.54) is 18.3 Å². The summed E-state index contributed by atoms with van der Waals surface area (Å²) in [6, 6.07) is 7.69. The number of carbonyl (C=O) groups is 1. The van der Waals surface area contributed by atoms with E-state index >= 15 is 0 Å². The molecular weight excluding hydrogens is 506 g/mol. The second-order valence-corrected chi connectivity index (χ2v) is 12.2. The highest BCUT2D eigenvalue weighted by Crippen LogP contribution is 2.37. The lowest BCUT2D eigenvalue weighted by Gasteiger charge is -2.34. The third-order valence-corrected chi connectivity index (χ3v) is 8.14. The van der Waals surface area contributed by atoms with Crippen LogP contribution < -0.4 is 20.1 Å². The molecule has 3 aromatic rings. The highest BCUT2D eigenvalue weighted by Gasteiger charge is 2.39. The van der Waals surface area contributed by atoms with Crippen molar-refractivity contribution in [2.45, 2.75) is 57.9 Å². The van der Waals surface area contributed by atoms with Crippen molar-refractivity contribution in [3.8, 4) is 11.7 Å². The van der Waals surface area contributed by atoms with Crippen LogP contribution in [-0.4, -0.2) is 52.8 Å². The molecule has 1 saturated heterocycles. The average molecular weight is 544 g/mol. The first-order valence-corrected chi connectivity index (χ1v) is 14.1.